The summed E-state index contributed by atoms with van der Waals surface area (Å²) in [5.74, 6) is -0.756. The molecule has 0 aliphatic rings. The number of carbonyl (C=O) groups is 1. The Kier molecular flexibility index (Phi) is 6.30. The van der Waals surface area contributed by atoms with Gasteiger partial charge in [-0.25, -0.2) is 0 Å². The maximum atomic E-state index is 10.2. The van der Waals surface area contributed by atoms with Gasteiger partial charge in [0.2, 0.25) is 0 Å². The van der Waals surface area contributed by atoms with Gasteiger partial charge in [0, 0.05) is 6.42 Å². The highest BCUT2D eigenvalue weighted by atomic mass is 35.6. The number of rotatable bonds is 3. The van der Waals surface area contributed by atoms with Gasteiger partial charge in [-0.3, -0.25) is 4.79 Å². The fourth-order valence-electron chi connectivity index (χ4n) is 0.505. The highest BCUT2D eigenvalue weighted by Crippen LogP contribution is 2.27. The first-order valence-electron chi connectivity index (χ1n) is 3.24. The zero-order chi connectivity index (χ0) is 8.36. The molecule has 0 heterocycles. The van der Waals surface area contributed by atoms with Crippen LogP contribution < -0.4 is 0 Å². The number of aliphatic carboxylic acids is 1. The monoisotopic (exact) mass is 216 g/mol. The van der Waals surface area contributed by atoms with E-state index in [-0.39, 0.29) is 24.4 Å². The summed E-state index contributed by atoms with van der Waals surface area (Å²) in [4.78, 5) is 10.2. The molecule has 1 unspecified atom stereocenters. The van der Waals surface area contributed by atoms with E-state index in [1.807, 2.05) is 20.0 Å². The first-order valence-corrected chi connectivity index (χ1v) is 7.33. The number of carboxylic acids is 1. The van der Waals surface area contributed by atoms with Crippen LogP contribution in [0.3, 0.4) is 0 Å². The Morgan fingerprint density at radius 2 is 2.00 bits per heavy atom. The molecular formula is C6H14Cl2O2Si. The van der Waals surface area contributed by atoms with Crippen molar-refractivity contribution < 1.29 is 9.90 Å². The van der Waals surface area contributed by atoms with E-state index in [1.54, 1.807) is 0 Å². The molecule has 0 bridgehead atoms. The Hall–Kier alpha value is 0.267. The van der Waals surface area contributed by atoms with Crippen LogP contribution in [-0.2, 0) is 4.79 Å². The quantitative estimate of drug-likeness (QED) is 0.583. The van der Waals surface area contributed by atoms with Gasteiger partial charge in [0.1, 0.15) is 0 Å². The predicted molar refractivity (Wildman–Crippen MR) is 52.3 cm³/mol. The minimum absolute atomic E-state index is 0. The molecule has 0 fully saturated rings. The van der Waals surface area contributed by atoms with Gasteiger partial charge >= 0.3 is 5.97 Å². The van der Waals surface area contributed by atoms with Crippen LogP contribution in [0.25, 0.3) is 0 Å². The molecule has 5 heteroatoms. The van der Waals surface area contributed by atoms with Gasteiger partial charge in [0.25, 0.3) is 0 Å². The summed E-state index contributed by atoms with van der Waals surface area (Å²) in [6.45, 7) is 5.82. The minimum Gasteiger partial charge on any atom is -0.481 e. The van der Waals surface area contributed by atoms with Crippen molar-refractivity contribution in [1.29, 1.82) is 0 Å². The van der Waals surface area contributed by atoms with Gasteiger partial charge < -0.3 is 5.11 Å². The molecule has 0 aromatic carbocycles. The molecule has 11 heavy (non-hydrogen) atoms. The largest absolute Gasteiger partial charge is 0.481 e. The summed E-state index contributed by atoms with van der Waals surface area (Å²) in [6, 6.07) is 0. The van der Waals surface area contributed by atoms with Gasteiger partial charge in [-0.1, -0.05) is 20.0 Å². The van der Waals surface area contributed by atoms with E-state index < -0.39 is 13.4 Å². The summed E-state index contributed by atoms with van der Waals surface area (Å²) in [7, 11) is -1.73. The van der Waals surface area contributed by atoms with E-state index >= 15 is 0 Å². The summed E-state index contributed by atoms with van der Waals surface area (Å²) >= 11 is 6.00. The highest BCUT2D eigenvalue weighted by Gasteiger charge is 2.27. The molecule has 1 N–H and O–H groups in total. The Balaban J connectivity index is 0. The van der Waals surface area contributed by atoms with Crippen LogP contribution in [0.2, 0.25) is 18.6 Å². The molecule has 0 amide bonds. The van der Waals surface area contributed by atoms with Crippen molar-refractivity contribution in [2.24, 2.45) is 0 Å². The molecule has 1 atom stereocenters. The van der Waals surface area contributed by atoms with E-state index in [9.17, 15) is 4.79 Å². The second-order valence-corrected chi connectivity index (χ2v) is 10.1. The maximum absolute atomic E-state index is 10.2. The lowest BCUT2D eigenvalue weighted by Gasteiger charge is -2.19. The standard InChI is InChI=1S/C6H13ClO2Si.ClH/c1-5(4-6(8)9)10(2,3)7;/h5H,4H2,1-3H3,(H,8,9);1H. The van der Waals surface area contributed by atoms with Crippen molar-refractivity contribution in [3.63, 3.8) is 0 Å². The third kappa shape index (κ3) is 6.66. The maximum Gasteiger partial charge on any atom is 0.303 e. The van der Waals surface area contributed by atoms with E-state index in [1.165, 1.54) is 0 Å². The van der Waals surface area contributed by atoms with Crippen molar-refractivity contribution in [2.75, 3.05) is 0 Å². The van der Waals surface area contributed by atoms with E-state index in [4.69, 9.17) is 16.2 Å². The lowest BCUT2D eigenvalue weighted by molar-refractivity contribution is -0.137. The molecule has 0 aromatic heterocycles. The van der Waals surface area contributed by atoms with Crippen LogP contribution >= 0.6 is 23.5 Å². The summed E-state index contributed by atoms with van der Waals surface area (Å²) in [6.07, 6.45) is 0.197. The molecule has 2 nitrogen and oxygen atoms in total. The van der Waals surface area contributed by atoms with Gasteiger partial charge in [0.05, 0.1) is 0 Å². The van der Waals surface area contributed by atoms with E-state index in [0.717, 1.165) is 0 Å². The van der Waals surface area contributed by atoms with E-state index in [0.29, 0.717) is 0 Å². The first-order chi connectivity index (χ1) is 4.34. The van der Waals surface area contributed by atoms with Crippen LogP contribution in [-0.4, -0.2) is 18.5 Å². The average molecular weight is 217 g/mol. The second-order valence-electron chi connectivity index (χ2n) is 3.06. The zero-order valence-electron chi connectivity index (χ0n) is 6.93. The second kappa shape index (κ2) is 5.01. The normalized spacial score (nSPS) is 13.5. The smallest absolute Gasteiger partial charge is 0.303 e. The molecule has 0 radical (unpaired) electrons. The Morgan fingerprint density at radius 1 is 1.64 bits per heavy atom. The summed E-state index contributed by atoms with van der Waals surface area (Å²) < 4.78 is 0. The van der Waals surface area contributed by atoms with Gasteiger partial charge in [-0.05, 0) is 5.54 Å². The lowest BCUT2D eigenvalue weighted by Crippen LogP contribution is -2.24. The Morgan fingerprint density at radius 3 is 2.09 bits per heavy atom. The third-order valence-corrected chi connectivity index (χ3v) is 5.32. The van der Waals surface area contributed by atoms with Crippen molar-refractivity contribution in [3.05, 3.63) is 0 Å². The fraction of sp³-hybridized carbons (Fsp3) is 0.833. The summed E-state index contributed by atoms with van der Waals surface area (Å²) in [5.41, 5.74) is 0.145. The number of hydrogen-bond acceptors (Lipinski definition) is 1. The Labute approximate surface area is 79.1 Å². The number of hydrogen-bond donors (Lipinski definition) is 1. The molecule has 0 saturated heterocycles. The van der Waals surface area contributed by atoms with Crippen molar-refractivity contribution in [3.8, 4) is 0 Å². The van der Waals surface area contributed by atoms with Crippen LogP contribution in [0.15, 0.2) is 0 Å². The molecule has 0 aromatic rings. The lowest BCUT2D eigenvalue weighted by atomic mass is 10.3. The van der Waals surface area contributed by atoms with Gasteiger partial charge in [-0.2, -0.15) is 11.1 Å². The van der Waals surface area contributed by atoms with Crippen LogP contribution in [0, 0.1) is 0 Å². The molecule has 0 saturated carbocycles. The van der Waals surface area contributed by atoms with Crippen LogP contribution in [0.5, 0.6) is 0 Å². The molecular weight excluding hydrogens is 203 g/mol. The molecule has 0 rings (SSSR count). The van der Waals surface area contributed by atoms with Crippen molar-refractivity contribution in [1.82, 2.24) is 0 Å². The van der Waals surface area contributed by atoms with Gasteiger partial charge in [-0.15, -0.1) is 12.4 Å². The molecule has 68 valence electrons. The van der Waals surface area contributed by atoms with Crippen LogP contribution in [0.4, 0.5) is 0 Å². The predicted octanol–water partition coefficient (Wildman–Crippen LogP) is 2.72. The molecule has 0 spiro atoms. The van der Waals surface area contributed by atoms with Crippen molar-refractivity contribution in [2.45, 2.75) is 32.0 Å². The van der Waals surface area contributed by atoms with Gasteiger partial charge in [0.15, 0.2) is 7.38 Å². The molecule has 0 aliphatic heterocycles. The topological polar surface area (TPSA) is 37.3 Å². The minimum atomic E-state index is -1.73. The highest BCUT2D eigenvalue weighted by molar-refractivity contribution is 7.19. The third-order valence-electron chi connectivity index (χ3n) is 1.65. The molecule has 0 aliphatic carbocycles. The fourth-order valence-corrected chi connectivity index (χ4v) is 1.40. The Bertz CT molecular complexity index is 133. The first kappa shape index (κ1) is 13.8. The summed E-state index contributed by atoms with van der Waals surface area (Å²) in [5, 5.41) is 8.41. The van der Waals surface area contributed by atoms with E-state index in [2.05, 4.69) is 0 Å². The van der Waals surface area contributed by atoms with Crippen molar-refractivity contribution >= 4 is 36.8 Å². The number of halogens is 2. The van der Waals surface area contributed by atoms with Crippen LogP contribution in [0.1, 0.15) is 13.3 Å². The average Bonchev–Trinajstić information content (AvgIpc) is 1.60. The number of carboxylic acid groups (broad SMARTS) is 1. The zero-order valence-corrected chi connectivity index (χ0v) is 9.50. The SMILES string of the molecule is CC(CC(=O)O)[Si](C)(C)Cl.Cl.